The topological polar surface area (TPSA) is 62.7 Å². The summed E-state index contributed by atoms with van der Waals surface area (Å²) >= 11 is 0. The fourth-order valence-corrected chi connectivity index (χ4v) is 5.03. The number of aromatic nitrogens is 1. The molecule has 0 saturated carbocycles. The lowest BCUT2D eigenvalue weighted by Gasteiger charge is -2.37. The second-order valence-electron chi connectivity index (χ2n) is 8.59. The molecular weight excluding hydrogens is 404 g/mol. The van der Waals surface area contributed by atoms with E-state index in [1.807, 2.05) is 13.0 Å². The van der Waals surface area contributed by atoms with Gasteiger partial charge in [-0.25, -0.2) is 8.78 Å². The predicted molar refractivity (Wildman–Crippen MR) is 107 cm³/mol. The van der Waals surface area contributed by atoms with Gasteiger partial charge >= 0.3 is 0 Å². The lowest BCUT2D eigenvalue weighted by Crippen LogP contribution is -2.51. The van der Waals surface area contributed by atoms with Gasteiger partial charge in [-0.1, -0.05) is 0 Å². The number of hydrogen-bond acceptors (Lipinski definition) is 4. The van der Waals surface area contributed by atoms with Crippen LogP contribution in [-0.4, -0.2) is 51.5 Å². The van der Waals surface area contributed by atoms with Gasteiger partial charge in [-0.2, -0.15) is 0 Å². The number of hydrogen-bond donors (Lipinski definition) is 0. The Morgan fingerprint density at radius 2 is 1.84 bits per heavy atom. The van der Waals surface area contributed by atoms with Gasteiger partial charge in [-0.05, 0) is 55.2 Å². The minimum Gasteiger partial charge on any atom is -0.342 e. The average Bonchev–Trinajstić information content (AvgIpc) is 3.26. The third-order valence-corrected chi connectivity index (χ3v) is 6.58. The van der Waals surface area contributed by atoms with E-state index in [2.05, 4.69) is 4.98 Å². The van der Waals surface area contributed by atoms with Crippen molar-refractivity contribution in [1.82, 2.24) is 14.8 Å². The molecule has 3 saturated heterocycles. The van der Waals surface area contributed by atoms with Crippen LogP contribution in [0.25, 0.3) is 0 Å². The first-order chi connectivity index (χ1) is 14.9. The van der Waals surface area contributed by atoms with Crippen LogP contribution in [0.3, 0.4) is 0 Å². The molecule has 2 atom stereocenters. The van der Waals surface area contributed by atoms with E-state index in [1.165, 1.54) is 12.1 Å². The van der Waals surface area contributed by atoms with Crippen LogP contribution in [0.5, 0.6) is 0 Å². The van der Waals surface area contributed by atoms with Crippen molar-refractivity contribution in [3.8, 4) is 0 Å². The van der Waals surface area contributed by atoms with E-state index < -0.39 is 29.5 Å². The number of carbonyl (C=O) groups is 2. The number of halogens is 2. The Kier molecular flexibility index (Phi) is 4.77. The standard InChI is InChI=1S/C23H23F2N3O3/c1-14-4-7-26-18(10-14)21(29)27-8-5-23(6-9-27)22(30)28-19(2-3-20(28)31-23)15-11-16(24)13-17(25)12-15/h4,7,10-13,19-20H,2-3,5-6,8-9H2,1H3. The molecule has 0 N–H and O–H groups in total. The number of carbonyl (C=O) groups excluding carboxylic acids is 2. The highest BCUT2D eigenvalue weighted by molar-refractivity contribution is 5.93. The van der Waals surface area contributed by atoms with E-state index in [1.54, 1.807) is 22.1 Å². The van der Waals surface area contributed by atoms with Crippen LogP contribution in [0.4, 0.5) is 8.78 Å². The van der Waals surface area contributed by atoms with Gasteiger partial charge in [0.1, 0.15) is 23.6 Å². The number of likely N-dealkylation sites (tertiary alicyclic amines) is 1. The molecule has 5 rings (SSSR count). The Balaban J connectivity index is 1.32. The molecular formula is C23H23F2N3O3. The minimum atomic E-state index is -0.980. The van der Waals surface area contributed by atoms with Crippen LogP contribution in [0, 0.1) is 18.6 Å². The largest absolute Gasteiger partial charge is 0.342 e. The predicted octanol–water partition coefficient (Wildman–Crippen LogP) is 3.36. The zero-order valence-corrected chi connectivity index (χ0v) is 17.2. The van der Waals surface area contributed by atoms with E-state index in [-0.39, 0.29) is 11.8 Å². The quantitative estimate of drug-likeness (QED) is 0.737. The third-order valence-electron chi connectivity index (χ3n) is 6.58. The van der Waals surface area contributed by atoms with E-state index >= 15 is 0 Å². The summed E-state index contributed by atoms with van der Waals surface area (Å²) in [6.07, 6.45) is 3.21. The van der Waals surface area contributed by atoms with Crippen molar-refractivity contribution in [3.63, 3.8) is 0 Å². The Bertz CT molecular complexity index is 1030. The Hall–Kier alpha value is -2.87. The fraction of sp³-hybridized carbons (Fsp3) is 0.435. The molecule has 8 heteroatoms. The molecule has 6 nitrogen and oxygen atoms in total. The summed E-state index contributed by atoms with van der Waals surface area (Å²) in [7, 11) is 0. The van der Waals surface area contributed by atoms with Crippen LogP contribution in [0.15, 0.2) is 36.5 Å². The Morgan fingerprint density at radius 3 is 2.52 bits per heavy atom. The number of aryl methyl sites for hydroxylation is 1. The summed E-state index contributed by atoms with van der Waals surface area (Å²) in [5, 5.41) is 0. The maximum absolute atomic E-state index is 13.7. The minimum absolute atomic E-state index is 0.148. The summed E-state index contributed by atoms with van der Waals surface area (Å²) in [6.45, 7) is 2.68. The molecule has 0 bridgehead atoms. The van der Waals surface area contributed by atoms with E-state index in [4.69, 9.17) is 4.74 Å². The zero-order valence-electron chi connectivity index (χ0n) is 17.2. The number of ether oxygens (including phenoxy) is 1. The van der Waals surface area contributed by atoms with Crippen LogP contribution in [0.1, 0.15) is 53.3 Å². The molecule has 1 aromatic heterocycles. The van der Waals surface area contributed by atoms with Crippen molar-refractivity contribution >= 4 is 11.8 Å². The van der Waals surface area contributed by atoms with Crippen molar-refractivity contribution in [3.05, 3.63) is 65.0 Å². The Morgan fingerprint density at radius 1 is 1.13 bits per heavy atom. The lowest BCUT2D eigenvalue weighted by molar-refractivity contribution is -0.142. The first kappa shape index (κ1) is 20.1. The molecule has 4 heterocycles. The molecule has 1 aromatic carbocycles. The van der Waals surface area contributed by atoms with Gasteiger partial charge in [-0.15, -0.1) is 0 Å². The molecule has 1 spiro atoms. The summed E-state index contributed by atoms with van der Waals surface area (Å²) in [6, 6.07) is 6.58. The number of nitrogens with zero attached hydrogens (tertiary/aromatic N) is 3. The maximum Gasteiger partial charge on any atom is 0.272 e. The van der Waals surface area contributed by atoms with Crippen molar-refractivity contribution in [2.45, 2.75) is 50.5 Å². The van der Waals surface area contributed by atoms with E-state index in [9.17, 15) is 18.4 Å². The number of piperidine rings is 1. The normalized spacial score (nSPS) is 24.7. The van der Waals surface area contributed by atoms with Gasteiger partial charge in [0.15, 0.2) is 5.60 Å². The molecule has 3 fully saturated rings. The average molecular weight is 427 g/mol. The van der Waals surface area contributed by atoms with Gasteiger partial charge in [0.05, 0.1) is 6.04 Å². The number of amides is 2. The first-order valence-corrected chi connectivity index (χ1v) is 10.5. The number of pyridine rings is 1. The van der Waals surface area contributed by atoms with E-state index in [0.717, 1.165) is 11.6 Å². The number of rotatable bonds is 2. The molecule has 3 aliphatic heterocycles. The summed E-state index contributed by atoms with van der Waals surface area (Å²) in [4.78, 5) is 33.7. The second kappa shape index (κ2) is 7.37. The molecule has 2 amide bonds. The highest BCUT2D eigenvalue weighted by Gasteiger charge is 2.58. The molecule has 3 aliphatic rings. The van der Waals surface area contributed by atoms with Gasteiger partial charge < -0.3 is 14.5 Å². The molecule has 0 aliphatic carbocycles. The number of fused-ring (bicyclic) bond motifs is 1. The van der Waals surface area contributed by atoms with Gasteiger partial charge in [0, 0.05) is 38.2 Å². The smallest absolute Gasteiger partial charge is 0.272 e. The third kappa shape index (κ3) is 3.39. The van der Waals surface area contributed by atoms with Crippen molar-refractivity contribution < 1.29 is 23.1 Å². The fourth-order valence-electron chi connectivity index (χ4n) is 5.03. The first-order valence-electron chi connectivity index (χ1n) is 10.5. The van der Waals surface area contributed by atoms with Gasteiger partial charge in [-0.3, -0.25) is 14.6 Å². The molecule has 162 valence electrons. The molecule has 2 unspecified atom stereocenters. The lowest BCUT2D eigenvalue weighted by atomic mass is 9.89. The van der Waals surface area contributed by atoms with Crippen LogP contribution in [-0.2, 0) is 9.53 Å². The second-order valence-corrected chi connectivity index (χ2v) is 8.59. The van der Waals surface area contributed by atoms with Crippen LogP contribution >= 0.6 is 0 Å². The van der Waals surface area contributed by atoms with Crippen molar-refractivity contribution in [1.29, 1.82) is 0 Å². The van der Waals surface area contributed by atoms with Gasteiger partial charge in [0.25, 0.3) is 11.8 Å². The summed E-state index contributed by atoms with van der Waals surface area (Å²) in [5.74, 6) is -1.61. The SMILES string of the molecule is Cc1ccnc(C(=O)N2CCC3(CC2)OC2CCC(c4cc(F)cc(F)c4)N2C3=O)c1. The highest BCUT2D eigenvalue weighted by atomic mass is 19.1. The van der Waals surface area contributed by atoms with Gasteiger partial charge in [0.2, 0.25) is 0 Å². The van der Waals surface area contributed by atoms with E-state index in [0.29, 0.717) is 50.0 Å². The van der Waals surface area contributed by atoms with Crippen LogP contribution < -0.4 is 0 Å². The summed E-state index contributed by atoms with van der Waals surface area (Å²) in [5.41, 5.74) is 0.823. The molecule has 2 aromatic rings. The maximum atomic E-state index is 13.7. The zero-order chi connectivity index (χ0) is 21.8. The molecule has 0 radical (unpaired) electrons. The van der Waals surface area contributed by atoms with Crippen LogP contribution in [0.2, 0.25) is 0 Å². The molecule has 31 heavy (non-hydrogen) atoms. The Labute approximate surface area is 178 Å². The summed E-state index contributed by atoms with van der Waals surface area (Å²) < 4.78 is 33.7. The van der Waals surface area contributed by atoms with Crippen molar-refractivity contribution in [2.75, 3.05) is 13.1 Å². The highest BCUT2D eigenvalue weighted by Crippen LogP contribution is 2.47. The van der Waals surface area contributed by atoms with Crippen molar-refractivity contribution in [2.24, 2.45) is 0 Å². The monoisotopic (exact) mass is 427 g/mol. The number of benzene rings is 1.